The van der Waals surface area contributed by atoms with Crippen molar-refractivity contribution < 1.29 is 9.53 Å². The second-order valence-corrected chi connectivity index (χ2v) is 9.07. The van der Waals surface area contributed by atoms with Crippen molar-refractivity contribution in [2.45, 2.75) is 38.8 Å². The van der Waals surface area contributed by atoms with Gasteiger partial charge in [0.2, 0.25) is 0 Å². The van der Waals surface area contributed by atoms with E-state index in [1.165, 1.54) is 6.33 Å². The third-order valence-electron chi connectivity index (χ3n) is 5.06. The van der Waals surface area contributed by atoms with Gasteiger partial charge >= 0.3 is 6.09 Å². The monoisotopic (exact) mass is 426 g/mol. The van der Waals surface area contributed by atoms with Gasteiger partial charge in [-0.15, -0.1) is 0 Å². The van der Waals surface area contributed by atoms with Crippen LogP contribution in [-0.4, -0.2) is 44.2 Å². The summed E-state index contributed by atoms with van der Waals surface area (Å²) in [6, 6.07) is 0.317. The van der Waals surface area contributed by atoms with E-state index in [9.17, 15) is 4.79 Å². The van der Waals surface area contributed by atoms with E-state index in [0.717, 1.165) is 35.0 Å². The number of carbonyl (C=O) groups is 1. The van der Waals surface area contributed by atoms with Crippen molar-refractivity contribution in [2.75, 3.05) is 13.1 Å². The summed E-state index contributed by atoms with van der Waals surface area (Å²) in [7, 11) is 0. The molecule has 0 spiro atoms. The van der Waals surface area contributed by atoms with Crippen molar-refractivity contribution in [2.24, 2.45) is 11.8 Å². The molecular formula is C17H20BrClN4O2. The van der Waals surface area contributed by atoms with Crippen molar-refractivity contribution in [1.82, 2.24) is 19.4 Å². The molecule has 0 radical (unpaired) electrons. The molecule has 8 heteroatoms. The fraction of sp³-hybridized carbons (Fsp3) is 0.588. The highest BCUT2D eigenvalue weighted by atomic mass is 79.9. The lowest BCUT2D eigenvalue weighted by Gasteiger charge is -2.40. The first kappa shape index (κ1) is 17.1. The van der Waals surface area contributed by atoms with Crippen LogP contribution < -0.4 is 0 Å². The fourth-order valence-corrected chi connectivity index (χ4v) is 4.85. The van der Waals surface area contributed by atoms with Crippen LogP contribution in [0, 0.1) is 11.8 Å². The second kappa shape index (κ2) is 5.84. The Balaban J connectivity index is 1.55. The number of fused-ring (bicyclic) bond motifs is 2. The number of hydrogen-bond acceptors (Lipinski definition) is 4. The van der Waals surface area contributed by atoms with Crippen LogP contribution in [-0.2, 0) is 4.74 Å². The second-order valence-electron chi connectivity index (χ2n) is 7.86. The molecule has 0 N–H and O–H groups in total. The average Bonchev–Trinajstić information content (AvgIpc) is 2.98. The molecule has 0 bridgehead atoms. The molecule has 3 heterocycles. The third kappa shape index (κ3) is 2.91. The summed E-state index contributed by atoms with van der Waals surface area (Å²) in [5.41, 5.74) is 0.374. The van der Waals surface area contributed by atoms with Gasteiger partial charge in [0, 0.05) is 35.7 Å². The molecule has 6 nitrogen and oxygen atoms in total. The Labute approximate surface area is 159 Å². The highest BCUT2D eigenvalue weighted by molar-refractivity contribution is 9.10. The zero-order chi connectivity index (χ0) is 17.9. The molecule has 2 aliphatic rings. The van der Waals surface area contributed by atoms with E-state index in [2.05, 4.69) is 30.5 Å². The van der Waals surface area contributed by atoms with E-state index >= 15 is 0 Å². The maximum absolute atomic E-state index is 12.3. The smallest absolute Gasteiger partial charge is 0.410 e. The molecule has 3 atom stereocenters. The number of aromatic nitrogens is 3. The van der Waals surface area contributed by atoms with Crippen molar-refractivity contribution in [3.8, 4) is 0 Å². The third-order valence-corrected chi connectivity index (χ3v) is 5.94. The first-order chi connectivity index (χ1) is 11.7. The van der Waals surface area contributed by atoms with E-state index in [1.807, 2.05) is 31.9 Å². The van der Waals surface area contributed by atoms with Crippen molar-refractivity contribution in [3.63, 3.8) is 0 Å². The molecule has 4 rings (SSSR count). The first-order valence-electron chi connectivity index (χ1n) is 8.39. The minimum Gasteiger partial charge on any atom is -0.444 e. The topological polar surface area (TPSA) is 60.2 Å². The molecule has 1 saturated heterocycles. The molecule has 25 heavy (non-hydrogen) atoms. The number of carbonyl (C=O) groups excluding carboxylic acids is 1. The lowest BCUT2D eigenvalue weighted by Crippen LogP contribution is -2.37. The van der Waals surface area contributed by atoms with E-state index in [0.29, 0.717) is 23.0 Å². The van der Waals surface area contributed by atoms with Gasteiger partial charge in [-0.2, -0.15) is 0 Å². The van der Waals surface area contributed by atoms with Crippen LogP contribution in [0.25, 0.3) is 11.0 Å². The Kier molecular flexibility index (Phi) is 3.99. The number of hydrogen-bond donors (Lipinski definition) is 0. The van der Waals surface area contributed by atoms with Gasteiger partial charge in [0.25, 0.3) is 0 Å². The highest BCUT2D eigenvalue weighted by Gasteiger charge is 2.50. The van der Waals surface area contributed by atoms with Gasteiger partial charge in [-0.1, -0.05) is 11.6 Å². The van der Waals surface area contributed by atoms with Gasteiger partial charge < -0.3 is 14.2 Å². The lowest BCUT2D eigenvalue weighted by molar-refractivity contribution is 0.0287. The molecule has 1 saturated carbocycles. The quantitative estimate of drug-likeness (QED) is 0.638. The normalized spacial score (nSPS) is 25.8. The molecule has 1 amide bonds. The molecule has 1 aliphatic carbocycles. The van der Waals surface area contributed by atoms with Crippen LogP contribution in [0.2, 0.25) is 5.15 Å². The summed E-state index contributed by atoms with van der Waals surface area (Å²) >= 11 is 9.78. The number of nitrogens with zero attached hydrogens (tertiary/aromatic N) is 4. The molecule has 2 aromatic heterocycles. The van der Waals surface area contributed by atoms with Crippen molar-refractivity contribution in [1.29, 1.82) is 0 Å². The molecule has 2 fully saturated rings. The van der Waals surface area contributed by atoms with Crippen LogP contribution in [0.15, 0.2) is 17.0 Å². The molecule has 1 aliphatic heterocycles. The summed E-state index contributed by atoms with van der Waals surface area (Å²) in [5, 5.41) is 1.29. The fourth-order valence-electron chi connectivity index (χ4n) is 3.92. The maximum Gasteiger partial charge on any atom is 0.410 e. The zero-order valence-corrected chi connectivity index (χ0v) is 16.7. The minimum absolute atomic E-state index is 0.218. The minimum atomic E-state index is -0.465. The number of halogens is 2. The summed E-state index contributed by atoms with van der Waals surface area (Å²) in [6.45, 7) is 7.18. The van der Waals surface area contributed by atoms with Crippen LogP contribution in [0.3, 0.4) is 0 Å². The van der Waals surface area contributed by atoms with Gasteiger partial charge in [0.1, 0.15) is 22.7 Å². The van der Waals surface area contributed by atoms with Gasteiger partial charge in [-0.25, -0.2) is 14.8 Å². The zero-order valence-electron chi connectivity index (χ0n) is 14.4. The number of likely N-dealkylation sites (tertiary alicyclic amines) is 1. The molecule has 134 valence electrons. The van der Waals surface area contributed by atoms with E-state index in [1.54, 1.807) is 0 Å². The largest absolute Gasteiger partial charge is 0.444 e. The van der Waals surface area contributed by atoms with Crippen LogP contribution >= 0.6 is 27.5 Å². The molecule has 2 aromatic rings. The molecular weight excluding hydrogens is 408 g/mol. The van der Waals surface area contributed by atoms with E-state index in [-0.39, 0.29) is 6.09 Å². The number of amides is 1. The molecule has 0 aromatic carbocycles. The highest BCUT2D eigenvalue weighted by Crippen LogP contribution is 2.50. The SMILES string of the molecule is CC(C)(C)OC(=O)N1C[C@H]2C[C@@H](n3cc(Br)c4c(Cl)ncnc43)[C@H]2C1. The van der Waals surface area contributed by atoms with Crippen LogP contribution in [0.1, 0.15) is 33.2 Å². The Morgan fingerprint density at radius 3 is 2.84 bits per heavy atom. The predicted octanol–water partition coefficient (Wildman–Crippen LogP) is 4.28. The molecule has 0 unspecified atom stereocenters. The maximum atomic E-state index is 12.3. The summed E-state index contributed by atoms with van der Waals surface area (Å²) < 4.78 is 8.59. The van der Waals surface area contributed by atoms with Crippen LogP contribution in [0.5, 0.6) is 0 Å². The van der Waals surface area contributed by atoms with Gasteiger partial charge in [0.15, 0.2) is 0 Å². The standard InChI is InChI=1S/C17H20BrClN4O2/c1-17(2,3)25-16(24)22-5-9-4-12(10(9)6-22)23-7-11(18)13-14(19)20-8-21-15(13)23/h7-10,12H,4-6H2,1-3H3/t9-,10+,12-/m1/s1. The van der Waals surface area contributed by atoms with E-state index in [4.69, 9.17) is 16.3 Å². The summed E-state index contributed by atoms with van der Waals surface area (Å²) in [4.78, 5) is 22.6. The van der Waals surface area contributed by atoms with Gasteiger partial charge in [-0.05, 0) is 49.0 Å². The number of ether oxygens (including phenoxy) is 1. The van der Waals surface area contributed by atoms with Crippen LogP contribution in [0.4, 0.5) is 4.79 Å². The summed E-state index contributed by atoms with van der Waals surface area (Å²) in [5.74, 6) is 0.940. The number of rotatable bonds is 1. The first-order valence-corrected chi connectivity index (χ1v) is 9.56. The average molecular weight is 428 g/mol. The summed E-state index contributed by atoms with van der Waals surface area (Å²) in [6.07, 6.45) is 4.33. The Hall–Kier alpha value is -1.34. The van der Waals surface area contributed by atoms with E-state index < -0.39 is 5.60 Å². The Bertz CT molecular complexity index is 847. The van der Waals surface area contributed by atoms with Crippen molar-refractivity contribution >= 4 is 44.7 Å². The Morgan fingerprint density at radius 1 is 1.36 bits per heavy atom. The predicted molar refractivity (Wildman–Crippen MR) is 98.7 cm³/mol. The van der Waals surface area contributed by atoms with Crippen molar-refractivity contribution in [3.05, 3.63) is 22.1 Å². The van der Waals surface area contributed by atoms with Gasteiger partial charge in [-0.3, -0.25) is 0 Å². The Morgan fingerprint density at radius 2 is 2.12 bits per heavy atom. The van der Waals surface area contributed by atoms with Gasteiger partial charge in [0.05, 0.1) is 5.39 Å². The lowest BCUT2D eigenvalue weighted by atomic mass is 9.71.